The quantitative estimate of drug-likeness (QED) is 0.612. The number of aromatic nitrogens is 1. The summed E-state index contributed by atoms with van der Waals surface area (Å²) in [5.74, 6) is 0.229. The van der Waals surface area contributed by atoms with E-state index in [-0.39, 0.29) is 15.9 Å². The van der Waals surface area contributed by atoms with Crippen molar-refractivity contribution in [1.29, 1.82) is 0 Å². The molecule has 29 heavy (non-hydrogen) atoms. The molecule has 1 heterocycles. The van der Waals surface area contributed by atoms with Crippen LogP contribution in [0.15, 0.2) is 47.4 Å². The number of para-hydroxylation sites is 1. The lowest BCUT2D eigenvalue weighted by Crippen LogP contribution is -2.13. The highest BCUT2D eigenvalue weighted by Crippen LogP contribution is 2.28. The van der Waals surface area contributed by atoms with Gasteiger partial charge >= 0.3 is 0 Å². The molecule has 0 aliphatic carbocycles. The second-order valence-corrected chi connectivity index (χ2v) is 9.12. The highest BCUT2D eigenvalue weighted by atomic mass is 32.2. The molecule has 0 aliphatic heterocycles. The minimum Gasteiger partial charge on any atom is -0.497 e. The van der Waals surface area contributed by atoms with Crippen LogP contribution in [0.2, 0.25) is 0 Å². The average molecular weight is 432 g/mol. The van der Waals surface area contributed by atoms with E-state index in [9.17, 15) is 13.2 Å². The molecule has 0 unspecified atom stereocenters. The summed E-state index contributed by atoms with van der Waals surface area (Å²) >= 11 is 0.990. The molecule has 0 fully saturated rings. The van der Waals surface area contributed by atoms with Crippen molar-refractivity contribution in [1.82, 2.24) is 4.98 Å². The molecule has 3 rings (SSSR count). The summed E-state index contributed by atoms with van der Waals surface area (Å²) in [5.41, 5.74) is 3.08. The Morgan fingerprint density at radius 1 is 1.03 bits per heavy atom. The van der Waals surface area contributed by atoms with E-state index in [1.807, 2.05) is 32.0 Å². The number of carbonyl (C=O) groups is 1. The van der Waals surface area contributed by atoms with Gasteiger partial charge in [0.15, 0.2) is 5.13 Å². The first-order valence-corrected chi connectivity index (χ1v) is 11.0. The number of anilines is 2. The molecule has 0 spiro atoms. The highest BCUT2D eigenvalue weighted by Gasteiger charge is 2.21. The van der Waals surface area contributed by atoms with Crippen molar-refractivity contribution in [2.24, 2.45) is 0 Å². The van der Waals surface area contributed by atoms with E-state index in [1.54, 1.807) is 19.1 Å². The number of hydrogen-bond donors (Lipinski definition) is 2. The second kappa shape index (κ2) is 8.22. The minimum atomic E-state index is -3.83. The Balaban J connectivity index is 1.81. The van der Waals surface area contributed by atoms with Crippen LogP contribution >= 0.6 is 11.3 Å². The van der Waals surface area contributed by atoms with Gasteiger partial charge in [-0.3, -0.25) is 9.52 Å². The zero-order chi connectivity index (χ0) is 21.2. The number of aryl methyl sites for hydroxylation is 3. The monoisotopic (exact) mass is 431 g/mol. The Morgan fingerprint density at radius 3 is 2.24 bits per heavy atom. The van der Waals surface area contributed by atoms with Gasteiger partial charge < -0.3 is 10.1 Å². The van der Waals surface area contributed by atoms with Crippen molar-refractivity contribution in [3.8, 4) is 5.75 Å². The van der Waals surface area contributed by atoms with Gasteiger partial charge in [-0.15, -0.1) is 0 Å². The van der Waals surface area contributed by atoms with Crippen LogP contribution in [0.5, 0.6) is 5.75 Å². The number of ether oxygens (including phenoxy) is 1. The van der Waals surface area contributed by atoms with Gasteiger partial charge in [0.1, 0.15) is 10.6 Å². The van der Waals surface area contributed by atoms with Crippen molar-refractivity contribution in [2.75, 3.05) is 17.1 Å². The largest absolute Gasteiger partial charge is 0.497 e. The van der Waals surface area contributed by atoms with E-state index >= 15 is 0 Å². The van der Waals surface area contributed by atoms with Gasteiger partial charge in [-0.2, -0.15) is 0 Å². The number of benzene rings is 2. The lowest BCUT2D eigenvalue weighted by atomic mass is 10.1. The molecule has 1 aromatic heterocycles. The molecule has 3 aromatic rings. The minimum absolute atomic E-state index is 0.0766. The predicted octanol–water partition coefficient (Wildman–Crippen LogP) is 4.13. The van der Waals surface area contributed by atoms with Crippen molar-refractivity contribution < 1.29 is 17.9 Å². The fraction of sp³-hybridized carbons (Fsp3) is 0.200. The Kier molecular flexibility index (Phi) is 5.90. The van der Waals surface area contributed by atoms with Gasteiger partial charge in [0.25, 0.3) is 15.9 Å². The predicted molar refractivity (Wildman–Crippen MR) is 115 cm³/mol. The van der Waals surface area contributed by atoms with Gasteiger partial charge in [-0.25, -0.2) is 13.4 Å². The third-order valence-corrected chi connectivity index (χ3v) is 6.87. The van der Waals surface area contributed by atoms with E-state index in [0.29, 0.717) is 16.3 Å². The fourth-order valence-corrected chi connectivity index (χ4v) is 4.86. The SMILES string of the molecule is COc1ccc(S(=O)(=O)Nc2nc(C)c(C(=O)Nc3c(C)cccc3C)s2)cc1. The molecule has 0 atom stereocenters. The molecule has 0 saturated carbocycles. The van der Waals surface area contributed by atoms with Crippen LogP contribution in [-0.4, -0.2) is 26.4 Å². The average Bonchev–Trinajstić information content (AvgIpc) is 3.04. The molecule has 152 valence electrons. The number of hydrogen-bond acceptors (Lipinski definition) is 6. The maximum Gasteiger partial charge on any atom is 0.267 e. The van der Waals surface area contributed by atoms with E-state index in [4.69, 9.17) is 4.74 Å². The maximum atomic E-state index is 12.7. The van der Waals surface area contributed by atoms with E-state index in [1.165, 1.54) is 19.2 Å². The van der Waals surface area contributed by atoms with Crippen LogP contribution in [0.3, 0.4) is 0 Å². The number of carbonyl (C=O) groups excluding carboxylic acids is 1. The van der Waals surface area contributed by atoms with Crippen LogP contribution in [0, 0.1) is 20.8 Å². The zero-order valence-electron chi connectivity index (χ0n) is 16.4. The molecule has 1 amide bonds. The Hall–Kier alpha value is -2.91. The van der Waals surface area contributed by atoms with Crippen LogP contribution in [0.25, 0.3) is 0 Å². The van der Waals surface area contributed by atoms with E-state index < -0.39 is 10.0 Å². The van der Waals surface area contributed by atoms with Gasteiger partial charge in [-0.05, 0) is 56.2 Å². The van der Waals surface area contributed by atoms with Gasteiger partial charge in [0, 0.05) is 5.69 Å². The highest BCUT2D eigenvalue weighted by molar-refractivity contribution is 7.93. The molecular formula is C20H21N3O4S2. The van der Waals surface area contributed by atoms with Crippen LogP contribution in [-0.2, 0) is 10.0 Å². The molecule has 0 aliphatic rings. The lowest BCUT2D eigenvalue weighted by molar-refractivity contribution is 0.102. The summed E-state index contributed by atoms with van der Waals surface area (Å²) in [6.07, 6.45) is 0. The molecular weight excluding hydrogens is 410 g/mol. The summed E-state index contributed by atoms with van der Waals surface area (Å²) in [7, 11) is -2.32. The molecule has 9 heteroatoms. The maximum absolute atomic E-state index is 12.7. The number of nitrogens with one attached hydrogen (secondary N) is 2. The zero-order valence-corrected chi connectivity index (χ0v) is 18.1. The first-order valence-electron chi connectivity index (χ1n) is 8.73. The Labute approximate surface area is 173 Å². The van der Waals surface area contributed by atoms with Gasteiger partial charge in [0.2, 0.25) is 0 Å². The number of thiazole rings is 1. The van der Waals surface area contributed by atoms with E-state index in [0.717, 1.165) is 28.2 Å². The summed E-state index contributed by atoms with van der Waals surface area (Å²) in [6.45, 7) is 5.49. The normalized spacial score (nSPS) is 11.2. The first kappa shape index (κ1) is 20.8. The molecule has 2 N–H and O–H groups in total. The Morgan fingerprint density at radius 2 is 1.66 bits per heavy atom. The Bertz CT molecular complexity index is 1130. The molecule has 7 nitrogen and oxygen atoms in total. The number of amides is 1. The second-order valence-electron chi connectivity index (χ2n) is 6.44. The molecule has 0 saturated heterocycles. The van der Waals surface area contributed by atoms with Crippen molar-refractivity contribution in [3.63, 3.8) is 0 Å². The van der Waals surface area contributed by atoms with E-state index in [2.05, 4.69) is 15.0 Å². The molecule has 0 bridgehead atoms. The van der Waals surface area contributed by atoms with Crippen LogP contribution in [0.4, 0.5) is 10.8 Å². The molecule has 0 radical (unpaired) electrons. The smallest absolute Gasteiger partial charge is 0.267 e. The summed E-state index contributed by atoms with van der Waals surface area (Å²) in [5, 5.41) is 3.03. The first-order chi connectivity index (χ1) is 13.7. The number of nitrogens with zero attached hydrogens (tertiary/aromatic N) is 1. The standard InChI is InChI=1S/C20H21N3O4S2/c1-12-6-5-7-13(2)17(12)22-19(24)18-14(3)21-20(28-18)23-29(25,26)16-10-8-15(27-4)9-11-16/h5-11H,1-4H3,(H,21,23)(H,22,24). The third kappa shape index (κ3) is 4.57. The van der Waals surface area contributed by atoms with Crippen molar-refractivity contribution in [2.45, 2.75) is 25.7 Å². The number of methoxy groups -OCH3 is 1. The van der Waals surface area contributed by atoms with Crippen molar-refractivity contribution >= 4 is 38.1 Å². The fourth-order valence-electron chi connectivity index (χ4n) is 2.76. The number of rotatable bonds is 6. The number of sulfonamides is 1. The third-order valence-electron chi connectivity index (χ3n) is 4.31. The van der Waals surface area contributed by atoms with Crippen LogP contribution in [0.1, 0.15) is 26.5 Å². The van der Waals surface area contributed by atoms with Gasteiger partial charge in [-0.1, -0.05) is 29.5 Å². The lowest BCUT2D eigenvalue weighted by Gasteiger charge is -2.10. The van der Waals surface area contributed by atoms with Crippen LogP contribution < -0.4 is 14.8 Å². The van der Waals surface area contributed by atoms with Gasteiger partial charge in [0.05, 0.1) is 17.7 Å². The molecule has 2 aromatic carbocycles. The summed E-state index contributed by atoms with van der Waals surface area (Å²) in [6, 6.07) is 11.7. The van der Waals surface area contributed by atoms with Crippen molar-refractivity contribution in [3.05, 3.63) is 64.2 Å². The topological polar surface area (TPSA) is 97.4 Å². The summed E-state index contributed by atoms with van der Waals surface area (Å²) in [4.78, 5) is 17.4. The summed E-state index contributed by atoms with van der Waals surface area (Å²) < 4.78 is 32.6.